The molecule has 1 amide bonds. The van der Waals surface area contributed by atoms with Gasteiger partial charge in [-0.2, -0.15) is 0 Å². The summed E-state index contributed by atoms with van der Waals surface area (Å²) in [4.78, 5) is 25.0. The number of likely N-dealkylation sites (N-methyl/N-ethyl adjacent to an activating group) is 1. The quantitative estimate of drug-likeness (QED) is 0.700. The van der Waals surface area contributed by atoms with Gasteiger partial charge < -0.3 is 9.64 Å². The minimum Gasteiger partial charge on any atom is -0.468 e. The molecule has 1 unspecified atom stereocenters. The van der Waals surface area contributed by atoms with E-state index >= 15 is 0 Å². The number of ether oxygens (including phenoxy) is 1. The minimum absolute atomic E-state index is 0.0575. The Balaban J connectivity index is 2.65. The van der Waals surface area contributed by atoms with Crippen LogP contribution in [0.25, 0.3) is 0 Å². The van der Waals surface area contributed by atoms with Crippen molar-refractivity contribution in [1.29, 1.82) is 0 Å². The summed E-state index contributed by atoms with van der Waals surface area (Å²) in [6.45, 7) is 4.45. The number of hydrogen-bond donors (Lipinski definition) is 0. The summed E-state index contributed by atoms with van der Waals surface area (Å²) in [7, 11) is 1.34. The van der Waals surface area contributed by atoms with E-state index in [4.69, 9.17) is 0 Å². The van der Waals surface area contributed by atoms with Crippen LogP contribution in [-0.2, 0) is 14.3 Å². The highest BCUT2D eigenvalue weighted by molar-refractivity contribution is 8.01. The molecule has 0 aliphatic carbocycles. The van der Waals surface area contributed by atoms with E-state index in [0.29, 0.717) is 6.54 Å². The molecule has 1 heterocycles. The Morgan fingerprint density at radius 2 is 2.19 bits per heavy atom. The normalized spacial score (nSPS) is 24.2. The number of methoxy groups -OCH3 is 1. The van der Waals surface area contributed by atoms with Crippen molar-refractivity contribution in [3.05, 3.63) is 0 Å². The fourth-order valence-corrected chi connectivity index (χ4v) is 3.11. The fourth-order valence-electron chi connectivity index (χ4n) is 1.83. The summed E-state index contributed by atoms with van der Waals surface area (Å²) in [6, 6.07) is 0. The highest BCUT2D eigenvalue weighted by atomic mass is 32.2. The third kappa shape index (κ3) is 2.90. The molecule has 1 saturated heterocycles. The molecular formula is C11H19NO3S. The van der Waals surface area contributed by atoms with Crippen molar-refractivity contribution in [2.45, 2.75) is 31.4 Å². The maximum Gasteiger partial charge on any atom is 0.325 e. The summed E-state index contributed by atoms with van der Waals surface area (Å²) in [5.41, 5.74) is 0. The first-order valence-electron chi connectivity index (χ1n) is 5.53. The Kier molecular flexibility index (Phi) is 4.65. The molecule has 0 aromatic carbocycles. The van der Waals surface area contributed by atoms with Crippen LogP contribution in [-0.4, -0.2) is 47.5 Å². The van der Waals surface area contributed by atoms with Gasteiger partial charge in [0.05, 0.1) is 11.9 Å². The van der Waals surface area contributed by atoms with Gasteiger partial charge in [0.2, 0.25) is 5.91 Å². The second-order valence-electron chi connectivity index (χ2n) is 4.08. The van der Waals surface area contributed by atoms with Gasteiger partial charge in [-0.25, -0.2) is 0 Å². The van der Waals surface area contributed by atoms with Crippen LogP contribution >= 0.6 is 11.8 Å². The largest absolute Gasteiger partial charge is 0.468 e. The molecule has 1 rings (SSSR count). The number of nitrogens with zero attached hydrogens (tertiary/aromatic N) is 1. The average Bonchev–Trinajstić information content (AvgIpc) is 2.73. The van der Waals surface area contributed by atoms with E-state index in [9.17, 15) is 9.59 Å². The van der Waals surface area contributed by atoms with Crippen molar-refractivity contribution < 1.29 is 14.3 Å². The lowest BCUT2D eigenvalue weighted by Gasteiger charge is -2.29. The van der Waals surface area contributed by atoms with E-state index in [2.05, 4.69) is 4.74 Å². The molecule has 4 nitrogen and oxygen atoms in total. The van der Waals surface area contributed by atoms with Gasteiger partial charge in [0.15, 0.2) is 0 Å². The Labute approximate surface area is 101 Å². The lowest BCUT2D eigenvalue weighted by atomic mass is 10.0. The summed E-state index contributed by atoms with van der Waals surface area (Å²) in [5, 5.41) is 0. The maximum atomic E-state index is 12.2. The number of hydrogen-bond acceptors (Lipinski definition) is 4. The minimum atomic E-state index is -0.359. The van der Waals surface area contributed by atoms with Crippen LogP contribution in [0, 0.1) is 0 Å². The molecule has 1 fully saturated rings. The Morgan fingerprint density at radius 1 is 1.50 bits per heavy atom. The molecule has 5 heteroatoms. The number of thioether (sulfide) groups is 1. The third-order valence-corrected chi connectivity index (χ3v) is 4.40. The first-order chi connectivity index (χ1) is 7.53. The lowest BCUT2D eigenvalue weighted by molar-refractivity contribution is -0.147. The van der Waals surface area contributed by atoms with Gasteiger partial charge in [-0.05, 0) is 32.4 Å². The van der Waals surface area contributed by atoms with Crippen molar-refractivity contribution in [1.82, 2.24) is 4.90 Å². The van der Waals surface area contributed by atoms with Crippen molar-refractivity contribution in [3.63, 3.8) is 0 Å². The number of carbonyl (C=O) groups excluding carboxylic acids is 2. The van der Waals surface area contributed by atoms with Crippen molar-refractivity contribution in [2.75, 3.05) is 26.0 Å². The number of esters is 1. The standard InChI is InChI=1S/C11H19NO3S/c1-4-12(8-9(13)15-3)10(14)11(2)6-5-7-16-11/h4-8H2,1-3H3. The SMILES string of the molecule is CCN(CC(=O)OC)C(=O)C1(C)CCCS1. The van der Waals surface area contributed by atoms with E-state index in [-0.39, 0.29) is 23.2 Å². The average molecular weight is 245 g/mol. The van der Waals surface area contributed by atoms with Gasteiger partial charge in [-0.15, -0.1) is 11.8 Å². The first-order valence-corrected chi connectivity index (χ1v) is 6.52. The second kappa shape index (κ2) is 5.57. The van der Waals surface area contributed by atoms with Crippen LogP contribution in [0.2, 0.25) is 0 Å². The van der Waals surface area contributed by atoms with Crippen LogP contribution in [0.3, 0.4) is 0 Å². The highest BCUT2D eigenvalue weighted by Crippen LogP contribution is 2.39. The Bertz CT molecular complexity index is 274. The highest BCUT2D eigenvalue weighted by Gasteiger charge is 2.40. The molecular weight excluding hydrogens is 226 g/mol. The molecule has 0 radical (unpaired) electrons. The molecule has 1 aliphatic heterocycles. The summed E-state index contributed by atoms with van der Waals surface area (Å²) < 4.78 is 4.25. The summed E-state index contributed by atoms with van der Waals surface area (Å²) in [5.74, 6) is 0.725. The molecule has 1 aliphatic rings. The zero-order valence-electron chi connectivity index (χ0n) is 10.1. The number of rotatable bonds is 4. The van der Waals surface area contributed by atoms with Crippen molar-refractivity contribution >= 4 is 23.6 Å². The molecule has 0 aromatic heterocycles. The number of amides is 1. The molecule has 0 spiro atoms. The predicted molar refractivity (Wildman–Crippen MR) is 64.4 cm³/mol. The van der Waals surface area contributed by atoms with Crippen molar-refractivity contribution in [3.8, 4) is 0 Å². The van der Waals surface area contributed by atoms with E-state index < -0.39 is 0 Å². The van der Waals surface area contributed by atoms with Crippen LogP contribution in [0.5, 0.6) is 0 Å². The summed E-state index contributed by atoms with van der Waals surface area (Å²) >= 11 is 1.69. The second-order valence-corrected chi connectivity index (χ2v) is 5.68. The van der Waals surface area contributed by atoms with Gasteiger partial charge in [-0.1, -0.05) is 0 Å². The lowest BCUT2D eigenvalue weighted by Crippen LogP contribution is -2.46. The van der Waals surface area contributed by atoms with Crippen molar-refractivity contribution in [2.24, 2.45) is 0 Å². The predicted octanol–water partition coefficient (Wildman–Crippen LogP) is 1.29. The van der Waals surface area contributed by atoms with Gasteiger partial charge in [0.1, 0.15) is 6.54 Å². The zero-order chi connectivity index (χ0) is 12.2. The van der Waals surface area contributed by atoms with Crippen LogP contribution in [0.15, 0.2) is 0 Å². The van der Waals surface area contributed by atoms with Crippen LogP contribution < -0.4 is 0 Å². The topological polar surface area (TPSA) is 46.6 Å². The molecule has 0 aromatic rings. The molecule has 1 atom stereocenters. The van der Waals surface area contributed by atoms with Crippen LogP contribution in [0.4, 0.5) is 0 Å². The molecule has 0 bridgehead atoms. The van der Waals surface area contributed by atoms with Gasteiger partial charge in [0.25, 0.3) is 0 Å². The van der Waals surface area contributed by atoms with Crippen LogP contribution in [0.1, 0.15) is 26.7 Å². The number of carbonyl (C=O) groups is 2. The smallest absolute Gasteiger partial charge is 0.325 e. The molecule has 16 heavy (non-hydrogen) atoms. The van der Waals surface area contributed by atoms with E-state index in [1.807, 2.05) is 13.8 Å². The maximum absolute atomic E-state index is 12.2. The molecule has 0 saturated carbocycles. The van der Waals surface area contributed by atoms with Gasteiger partial charge in [0, 0.05) is 6.54 Å². The third-order valence-electron chi connectivity index (χ3n) is 2.89. The molecule has 92 valence electrons. The molecule has 0 N–H and O–H groups in total. The fraction of sp³-hybridized carbons (Fsp3) is 0.818. The van der Waals surface area contributed by atoms with Gasteiger partial charge >= 0.3 is 5.97 Å². The van der Waals surface area contributed by atoms with Gasteiger partial charge in [-0.3, -0.25) is 9.59 Å². The summed E-state index contributed by atoms with van der Waals surface area (Å²) in [6.07, 6.45) is 1.97. The van der Waals surface area contributed by atoms with E-state index in [1.54, 1.807) is 16.7 Å². The Morgan fingerprint density at radius 3 is 2.62 bits per heavy atom. The zero-order valence-corrected chi connectivity index (χ0v) is 10.9. The Hall–Kier alpha value is -0.710. The first kappa shape index (κ1) is 13.4. The van der Waals surface area contributed by atoms with E-state index in [0.717, 1.165) is 18.6 Å². The monoisotopic (exact) mass is 245 g/mol. The van der Waals surface area contributed by atoms with E-state index in [1.165, 1.54) is 7.11 Å².